The number of pyridine rings is 1. The van der Waals surface area contributed by atoms with E-state index in [0.29, 0.717) is 38.4 Å². The summed E-state index contributed by atoms with van der Waals surface area (Å²) in [7, 11) is 0. The second-order valence-corrected chi connectivity index (χ2v) is 6.13. The van der Waals surface area contributed by atoms with Crippen LogP contribution in [0.1, 0.15) is 15.9 Å². The van der Waals surface area contributed by atoms with Gasteiger partial charge in [0.2, 0.25) is 0 Å². The van der Waals surface area contributed by atoms with Gasteiger partial charge in [-0.05, 0) is 42.5 Å². The highest BCUT2D eigenvalue weighted by Crippen LogP contribution is 2.26. The zero-order chi connectivity index (χ0) is 18.5. The number of nitriles is 1. The summed E-state index contributed by atoms with van der Waals surface area (Å²) in [6.07, 6.45) is 1.51. The quantitative estimate of drug-likeness (QED) is 0.645. The van der Waals surface area contributed by atoms with E-state index >= 15 is 0 Å². The van der Waals surface area contributed by atoms with Crippen LogP contribution in [0, 0.1) is 11.3 Å². The molecule has 2 N–H and O–H groups in total. The Balaban J connectivity index is 1.80. The van der Waals surface area contributed by atoms with Crippen LogP contribution in [0.5, 0.6) is 0 Å². The highest BCUT2D eigenvalue weighted by Gasteiger charge is 2.11. The van der Waals surface area contributed by atoms with Crippen molar-refractivity contribution in [3.05, 3.63) is 82.0 Å². The third-order valence-electron chi connectivity index (χ3n) is 3.51. The molecule has 0 saturated carbocycles. The number of amides is 1. The molecule has 0 atom stereocenters. The fourth-order valence-electron chi connectivity index (χ4n) is 2.25. The van der Waals surface area contributed by atoms with Gasteiger partial charge in [0, 0.05) is 16.8 Å². The predicted molar refractivity (Wildman–Crippen MR) is 103 cm³/mol. The first-order chi connectivity index (χ1) is 12.6. The molecule has 0 aliphatic rings. The third kappa shape index (κ3) is 4.12. The predicted octanol–water partition coefficient (Wildman–Crippen LogP) is 5.26. The van der Waals surface area contributed by atoms with E-state index in [4.69, 9.17) is 28.5 Å². The van der Waals surface area contributed by atoms with Gasteiger partial charge in [-0.3, -0.25) is 4.79 Å². The lowest BCUT2D eigenvalue weighted by Crippen LogP contribution is -2.12. The van der Waals surface area contributed by atoms with Crippen LogP contribution in [0.4, 0.5) is 17.2 Å². The molecule has 7 heteroatoms. The van der Waals surface area contributed by atoms with Crippen molar-refractivity contribution in [3.63, 3.8) is 0 Å². The van der Waals surface area contributed by atoms with Crippen molar-refractivity contribution in [2.75, 3.05) is 10.6 Å². The first-order valence-corrected chi connectivity index (χ1v) is 8.31. The number of hydrogen-bond acceptors (Lipinski definition) is 4. The van der Waals surface area contributed by atoms with Gasteiger partial charge in [-0.2, -0.15) is 5.26 Å². The van der Waals surface area contributed by atoms with Gasteiger partial charge in [-0.25, -0.2) is 4.98 Å². The van der Waals surface area contributed by atoms with Crippen molar-refractivity contribution < 1.29 is 4.79 Å². The average molecular weight is 383 g/mol. The second-order valence-electron chi connectivity index (χ2n) is 5.29. The Labute approximate surface area is 160 Å². The molecule has 0 aliphatic carbocycles. The van der Waals surface area contributed by atoms with E-state index in [9.17, 15) is 4.79 Å². The van der Waals surface area contributed by atoms with E-state index in [2.05, 4.69) is 21.7 Å². The Morgan fingerprint density at radius 1 is 1.04 bits per heavy atom. The van der Waals surface area contributed by atoms with Crippen LogP contribution in [-0.4, -0.2) is 10.9 Å². The number of halogens is 2. The Kier molecular flexibility index (Phi) is 5.37. The minimum atomic E-state index is -0.340. The highest BCUT2D eigenvalue weighted by molar-refractivity contribution is 6.36. The Bertz CT molecular complexity index is 1010. The molecule has 0 fully saturated rings. The Morgan fingerprint density at radius 3 is 2.62 bits per heavy atom. The van der Waals surface area contributed by atoms with Gasteiger partial charge >= 0.3 is 0 Å². The largest absolute Gasteiger partial charge is 0.339 e. The van der Waals surface area contributed by atoms with Crippen LogP contribution >= 0.6 is 23.2 Å². The topological polar surface area (TPSA) is 77.8 Å². The minimum Gasteiger partial charge on any atom is -0.339 e. The number of para-hydroxylation sites is 1. The molecule has 2 aromatic carbocycles. The number of hydrogen-bond donors (Lipinski definition) is 2. The molecule has 128 valence electrons. The molecule has 0 aliphatic heterocycles. The number of aromatic nitrogens is 1. The standard InChI is InChI=1S/C19H12Cl2N4O/c20-14-5-6-17(15(21)10-14)25-19(26)12-7-8-23-18(9-12)24-16-4-2-1-3-13(16)11-22/h1-10H,(H,23,24)(H,25,26). The van der Waals surface area contributed by atoms with Crippen LogP contribution in [0.15, 0.2) is 60.8 Å². The van der Waals surface area contributed by atoms with Gasteiger partial charge in [0.15, 0.2) is 0 Å². The van der Waals surface area contributed by atoms with E-state index in [1.807, 2.05) is 6.07 Å². The van der Waals surface area contributed by atoms with Gasteiger partial charge in [0.25, 0.3) is 5.91 Å². The lowest BCUT2D eigenvalue weighted by Gasteiger charge is -2.10. The molecule has 0 unspecified atom stereocenters. The van der Waals surface area contributed by atoms with Crippen LogP contribution in [0.2, 0.25) is 10.0 Å². The summed E-state index contributed by atoms with van der Waals surface area (Å²) >= 11 is 11.9. The second kappa shape index (κ2) is 7.87. The first-order valence-electron chi connectivity index (χ1n) is 7.55. The molecule has 0 saturated heterocycles. The fourth-order valence-corrected chi connectivity index (χ4v) is 2.71. The summed E-state index contributed by atoms with van der Waals surface area (Å²) in [5.41, 5.74) is 1.95. The molecule has 1 aromatic heterocycles. The average Bonchev–Trinajstić information content (AvgIpc) is 2.64. The maximum absolute atomic E-state index is 12.5. The molecule has 0 radical (unpaired) electrons. The van der Waals surface area contributed by atoms with Crippen molar-refractivity contribution in [2.24, 2.45) is 0 Å². The van der Waals surface area contributed by atoms with E-state index in [1.54, 1.807) is 48.5 Å². The van der Waals surface area contributed by atoms with Crippen LogP contribution in [0.25, 0.3) is 0 Å². The van der Waals surface area contributed by atoms with Gasteiger partial charge in [-0.1, -0.05) is 35.3 Å². The minimum absolute atomic E-state index is 0.340. The number of carbonyl (C=O) groups is 1. The zero-order valence-electron chi connectivity index (χ0n) is 13.3. The van der Waals surface area contributed by atoms with Gasteiger partial charge < -0.3 is 10.6 Å². The highest BCUT2D eigenvalue weighted by atomic mass is 35.5. The molecule has 1 amide bonds. The lowest BCUT2D eigenvalue weighted by molar-refractivity contribution is 0.102. The zero-order valence-corrected chi connectivity index (χ0v) is 14.8. The number of benzene rings is 2. The van der Waals surface area contributed by atoms with E-state index in [1.165, 1.54) is 6.20 Å². The third-order valence-corrected chi connectivity index (χ3v) is 4.06. The van der Waals surface area contributed by atoms with Crippen molar-refractivity contribution in [1.29, 1.82) is 5.26 Å². The van der Waals surface area contributed by atoms with Crippen LogP contribution in [0.3, 0.4) is 0 Å². The number of nitrogens with one attached hydrogen (secondary N) is 2. The van der Waals surface area contributed by atoms with Gasteiger partial charge in [-0.15, -0.1) is 0 Å². The Hall–Kier alpha value is -3.07. The smallest absolute Gasteiger partial charge is 0.255 e. The maximum Gasteiger partial charge on any atom is 0.255 e. The molecular weight excluding hydrogens is 371 g/mol. The van der Waals surface area contributed by atoms with Crippen molar-refractivity contribution in [2.45, 2.75) is 0 Å². The number of nitrogens with zero attached hydrogens (tertiary/aromatic N) is 2. The fraction of sp³-hybridized carbons (Fsp3) is 0. The maximum atomic E-state index is 12.5. The summed E-state index contributed by atoms with van der Waals surface area (Å²) in [5, 5.41) is 15.8. The van der Waals surface area contributed by atoms with Gasteiger partial charge in [0.1, 0.15) is 11.9 Å². The molecular formula is C19H12Cl2N4O. The van der Waals surface area contributed by atoms with Crippen molar-refractivity contribution in [1.82, 2.24) is 4.98 Å². The summed E-state index contributed by atoms with van der Waals surface area (Å²) in [6, 6.07) is 17.1. The summed E-state index contributed by atoms with van der Waals surface area (Å²) in [4.78, 5) is 16.7. The summed E-state index contributed by atoms with van der Waals surface area (Å²) in [6.45, 7) is 0. The van der Waals surface area contributed by atoms with Gasteiger partial charge in [0.05, 0.1) is 22.0 Å². The number of anilines is 3. The summed E-state index contributed by atoms with van der Waals surface area (Å²) in [5.74, 6) is 0.107. The number of rotatable bonds is 4. The first kappa shape index (κ1) is 17.7. The molecule has 3 rings (SSSR count). The molecule has 1 heterocycles. The normalized spacial score (nSPS) is 10.0. The molecule has 0 bridgehead atoms. The summed E-state index contributed by atoms with van der Waals surface area (Å²) < 4.78 is 0. The Morgan fingerprint density at radius 2 is 1.85 bits per heavy atom. The van der Waals surface area contributed by atoms with E-state index in [0.717, 1.165) is 0 Å². The molecule has 5 nitrogen and oxygen atoms in total. The SMILES string of the molecule is N#Cc1ccccc1Nc1cc(C(=O)Nc2ccc(Cl)cc2Cl)ccn1. The monoisotopic (exact) mass is 382 g/mol. The molecule has 3 aromatic rings. The number of carbonyl (C=O) groups excluding carboxylic acids is 1. The van der Waals surface area contributed by atoms with Crippen LogP contribution < -0.4 is 10.6 Å². The lowest BCUT2D eigenvalue weighted by atomic mass is 10.2. The van der Waals surface area contributed by atoms with Crippen molar-refractivity contribution in [3.8, 4) is 6.07 Å². The molecule has 0 spiro atoms. The van der Waals surface area contributed by atoms with Crippen LogP contribution in [-0.2, 0) is 0 Å². The van der Waals surface area contributed by atoms with E-state index in [-0.39, 0.29) is 5.91 Å². The van der Waals surface area contributed by atoms with E-state index < -0.39 is 0 Å². The molecule has 26 heavy (non-hydrogen) atoms. The van der Waals surface area contributed by atoms with Crippen molar-refractivity contribution >= 4 is 46.3 Å².